The van der Waals surface area contributed by atoms with Crippen molar-refractivity contribution < 1.29 is 4.74 Å². The number of nitriles is 1. The Balaban J connectivity index is 2.07. The summed E-state index contributed by atoms with van der Waals surface area (Å²) in [5.41, 5.74) is 2.16. The van der Waals surface area contributed by atoms with Crippen LogP contribution in [0.4, 0.5) is 0 Å². The van der Waals surface area contributed by atoms with Crippen molar-refractivity contribution in [1.82, 2.24) is 10.2 Å². The molecule has 0 spiro atoms. The second kappa shape index (κ2) is 4.48. The Bertz CT molecular complexity index is 433. The molecular formula is C12H15N3O. The predicted molar refractivity (Wildman–Crippen MR) is 59.1 cm³/mol. The number of aromatic nitrogens is 2. The van der Waals surface area contributed by atoms with Gasteiger partial charge >= 0.3 is 0 Å². The van der Waals surface area contributed by atoms with Gasteiger partial charge in [-0.25, -0.2) is 0 Å². The standard InChI is InChI=1S/C12H15N3O/c1-8-9(2)14-15-12(11(8)7-13)16-6-5-10-3-4-10/h10H,3-6H2,1-2H3. The molecule has 1 aliphatic carbocycles. The minimum atomic E-state index is 0.381. The lowest BCUT2D eigenvalue weighted by molar-refractivity contribution is 0.286. The molecule has 1 aliphatic rings. The van der Waals surface area contributed by atoms with E-state index in [0.717, 1.165) is 23.6 Å². The number of nitrogens with zero attached hydrogens (tertiary/aromatic N) is 3. The maximum Gasteiger partial charge on any atom is 0.251 e. The Morgan fingerprint density at radius 3 is 2.75 bits per heavy atom. The summed E-state index contributed by atoms with van der Waals surface area (Å²) >= 11 is 0. The Hall–Kier alpha value is -1.63. The van der Waals surface area contributed by atoms with Crippen LogP contribution in [-0.4, -0.2) is 16.8 Å². The lowest BCUT2D eigenvalue weighted by Gasteiger charge is -2.08. The van der Waals surface area contributed by atoms with Crippen molar-refractivity contribution in [3.8, 4) is 11.9 Å². The van der Waals surface area contributed by atoms with E-state index in [9.17, 15) is 0 Å². The molecule has 0 atom stereocenters. The molecule has 1 saturated carbocycles. The van der Waals surface area contributed by atoms with E-state index in [0.29, 0.717) is 18.1 Å². The summed E-state index contributed by atoms with van der Waals surface area (Å²) in [4.78, 5) is 0. The van der Waals surface area contributed by atoms with Gasteiger partial charge in [-0.3, -0.25) is 0 Å². The monoisotopic (exact) mass is 217 g/mol. The zero-order valence-corrected chi connectivity index (χ0v) is 9.66. The van der Waals surface area contributed by atoms with Gasteiger partial charge < -0.3 is 4.74 Å². The van der Waals surface area contributed by atoms with Gasteiger partial charge in [0.25, 0.3) is 5.88 Å². The first-order valence-electron chi connectivity index (χ1n) is 5.59. The Morgan fingerprint density at radius 2 is 2.12 bits per heavy atom. The first kappa shape index (κ1) is 10.9. The molecule has 0 saturated heterocycles. The quantitative estimate of drug-likeness (QED) is 0.775. The first-order chi connectivity index (χ1) is 7.72. The largest absolute Gasteiger partial charge is 0.476 e. The van der Waals surface area contributed by atoms with Crippen molar-refractivity contribution in [2.45, 2.75) is 33.1 Å². The molecule has 0 unspecified atom stereocenters. The van der Waals surface area contributed by atoms with E-state index < -0.39 is 0 Å². The highest BCUT2D eigenvalue weighted by atomic mass is 16.5. The molecule has 84 valence electrons. The van der Waals surface area contributed by atoms with Crippen LogP contribution in [0.1, 0.15) is 36.1 Å². The number of hydrogen-bond acceptors (Lipinski definition) is 4. The summed E-state index contributed by atoms with van der Waals surface area (Å²) in [6.07, 6.45) is 3.68. The summed E-state index contributed by atoms with van der Waals surface area (Å²) in [5.74, 6) is 1.20. The Labute approximate surface area is 95.3 Å². The first-order valence-corrected chi connectivity index (χ1v) is 5.59. The number of aryl methyl sites for hydroxylation is 1. The van der Waals surface area contributed by atoms with Gasteiger partial charge in [0.15, 0.2) is 0 Å². The number of rotatable bonds is 4. The molecule has 4 heteroatoms. The zero-order chi connectivity index (χ0) is 11.5. The van der Waals surface area contributed by atoms with E-state index in [-0.39, 0.29) is 0 Å². The van der Waals surface area contributed by atoms with Crippen molar-refractivity contribution in [2.75, 3.05) is 6.61 Å². The van der Waals surface area contributed by atoms with Crippen LogP contribution >= 0.6 is 0 Å². The molecule has 4 nitrogen and oxygen atoms in total. The van der Waals surface area contributed by atoms with Gasteiger partial charge in [-0.15, -0.1) is 5.10 Å². The molecular weight excluding hydrogens is 202 g/mol. The molecule has 0 N–H and O–H groups in total. The minimum absolute atomic E-state index is 0.381. The Kier molecular flexibility index (Phi) is 3.04. The fourth-order valence-electron chi connectivity index (χ4n) is 1.55. The molecule has 1 aromatic heterocycles. The van der Waals surface area contributed by atoms with Crippen molar-refractivity contribution in [2.24, 2.45) is 5.92 Å². The van der Waals surface area contributed by atoms with Gasteiger partial charge in [-0.05, 0) is 31.7 Å². The molecule has 0 aliphatic heterocycles. The van der Waals surface area contributed by atoms with Gasteiger partial charge in [0, 0.05) is 0 Å². The van der Waals surface area contributed by atoms with Crippen molar-refractivity contribution in [3.63, 3.8) is 0 Å². The van der Waals surface area contributed by atoms with Crippen LogP contribution in [0, 0.1) is 31.1 Å². The van der Waals surface area contributed by atoms with E-state index in [1.807, 2.05) is 13.8 Å². The van der Waals surface area contributed by atoms with E-state index in [1.54, 1.807) is 0 Å². The summed E-state index contributed by atoms with van der Waals surface area (Å²) in [5, 5.41) is 17.0. The van der Waals surface area contributed by atoms with Crippen LogP contribution in [0.15, 0.2) is 0 Å². The fourth-order valence-corrected chi connectivity index (χ4v) is 1.55. The molecule has 16 heavy (non-hydrogen) atoms. The van der Waals surface area contributed by atoms with Crippen LogP contribution in [0.3, 0.4) is 0 Å². The van der Waals surface area contributed by atoms with Gasteiger partial charge in [-0.2, -0.15) is 10.4 Å². The second-order valence-corrected chi connectivity index (χ2v) is 4.28. The number of ether oxygens (including phenoxy) is 1. The number of hydrogen-bond donors (Lipinski definition) is 0. The smallest absolute Gasteiger partial charge is 0.251 e. The summed E-state index contributed by atoms with van der Waals surface area (Å²) in [7, 11) is 0. The van der Waals surface area contributed by atoms with Crippen LogP contribution in [0.25, 0.3) is 0 Å². The van der Waals surface area contributed by atoms with Crippen LogP contribution in [-0.2, 0) is 0 Å². The highest BCUT2D eigenvalue weighted by molar-refractivity contribution is 5.44. The molecule has 0 aromatic carbocycles. The average molecular weight is 217 g/mol. The maximum absolute atomic E-state index is 9.05. The third kappa shape index (κ3) is 2.30. The second-order valence-electron chi connectivity index (χ2n) is 4.28. The van der Waals surface area contributed by atoms with Crippen LogP contribution in [0.2, 0.25) is 0 Å². The summed E-state index contributed by atoms with van der Waals surface area (Å²) < 4.78 is 5.52. The normalized spacial score (nSPS) is 14.6. The van der Waals surface area contributed by atoms with Crippen molar-refractivity contribution in [1.29, 1.82) is 5.26 Å². The summed E-state index contributed by atoms with van der Waals surface area (Å²) in [6, 6.07) is 2.13. The van der Waals surface area contributed by atoms with Gasteiger partial charge in [-0.1, -0.05) is 12.8 Å². The third-order valence-corrected chi connectivity index (χ3v) is 3.00. The molecule has 0 bridgehead atoms. The van der Waals surface area contributed by atoms with Gasteiger partial charge in [0.2, 0.25) is 0 Å². The highest BCUT2D eigenvalue weighted by Crippen LogP contribution is 2.32. The SMILES string of the molecule is Cc1nnc(OCCC2CC2)c(C#N)c1C. The van der Waals surface area contributed by atoms with E-state index in [1.165, 1.54) is 12.8 Å². The van der Waals surface area contributed by atoms with Crippen molar-refractivity contribution >= 4 is 0 Å². The topological polar surface area (TPSA) is 58.8 Å². The zero-order valence-electron chi connectivity index (χ0n) is 9.66. The van der Waals surface area contributed by atoms with Crippen LogP contribution < -0.4 is 4.74 Å². The fraction of sp³-hybridized carbons (Fsp3) is 0.583. The Morgan fingerprint density at radius 1 is 1.38 bits per heavy atom. The van der Waals surface area contributed by atoms with Gasteiger partial charge in [0.1, 0.15) is 11.6 Å². The third-order valence-electron chi connectivity index (χ3n) is 3.00. The van der Waals surface area contributed by atoms with Crippen molar-refractivity contribution in [3.05, 3.63) is 16.8 Å². The van der Waals surface area contributed by atoms with E-state index >= 15 is 0 Å². The minimum Gasteiger partial charge on any atom is -0.476 e. The van der Waals surface area contributed by atoms with Crippen LogP contribution in [0.5, 0.6) is 5.88 Å². The lowest BCUT2D eigenvalue weighted by atomic mass is 10.1. The van der Waals surface area contributed by atoms with E-state index in [2.05, 4.69) is 16.3 Å². The van der Waals surface area contributed by atoms with Gasteiger partial charge in [0.05, 0.1) is 12.3 Å². The van der Waals surface area contributed by atoms with E-state index in [4.69, 9.17) is 10.00 Å². The molecule has 0 amide bonds. The molecule has 1 heterocycles. The lowest BCUT2D eigenvalue weighted by Crippen LogP contribution is -2.05. The molecule has 1 fully saturated rings. The molecule has 0 radical (unpaired) electrons. The average Bonchev–Trinajstić information content (AvgIpc) is 3.08. The summed E-state index contributed by atoms with van der Waals surface area (Å²) in [6.45, 7) is 4.35. The highest BCUT2D eigenvalue weighted by Gasteiger charge is 2.21. The molecule has 2 rings (SSSR count). The molecule has 1 aromatic rings. The maximum atomic E-state index is 9.05. The predicted octanol–water partition coefficient (Wildman–Crippen LogP) is 2.14.